The Bertz CT molecular complexity index is 161. The Hall–Kier alpha value is -0.940. The first kappa shape index (κ1) is 13.1. The van der Waals surface area contributed by atoms with Crippen molar-refractivity contribution in [2.45, 2.75) is 0 Å². The zero-order valence-corrected chi connectivity index (χ0v) is 8.08. The van der Waals surface area contributed by atoms with E-state index in [4.69, 9.17) is 15.4 Å². The van der Waals surface area contributed by atoms with Gasteiger partial charge in [-0.3, -0.25) is 0 Å². The highest BCUT2D eigenvalue weighted by Gasteiger charge is 1.94. The smallest absolute Gasteiger partial charge is 0.0581 e. The van der Waals surface area contributed by atoms with E-state index in [-0.39, 0.29) is 26.3 Å². The zero-order valence-electron chi connectivity index (χ0n) is 8.08. The first-order chi connectivity index (χ1) is 6.81. The van der Waals surface area contributed by atoms with Crippen LogP contribution >= 0.6 is 0 Å². The van der Waals surface area contributed by atoms with E-state index in [1.165, 1.54) is 0 Å². The third-order valence-electron chi connectivity index (χ3n) is 1.38. The maximum Gasteiger partial charge on any atom is 0.0581 e. The van der Waals surface area contributed by atoms with Gasteiger partial charge in [-0.25, -0.2) is 0 Å². The van der Waals surface area contributed by atoms with E-state index < -0.39 is 0 Å². The topological polar surface area (TPSA) is 63.9 Å². The number of benzene rings is 1. The fourth-order valence-electron chi connectivity index (χ4n) is 0.728. The zero-order chi connectivity index (χ0) is 10.6. The van der Waals surface area contributed by atoms with E-state index in [0.29, 0.717) is 0 Å². The predicted molar refractivity (Wildman–Crippen MR) is 54.0 cm³/mol. The summed E-state index contributed by atoms with van der Waals surface area (Å²) in [7, 11) is 0. The van der Waals surface area contributed by atoms with Crippen LogP contribution in [-0.2, 0) is 0 Å². The van der Waals surface area contributed by atoms with Crippen LogP contribution in [0.4, 0.5) is 0 Å². The van der Waals surface area contributed by atoms with Crippen molar-refractivity contribution in [1.29, 1.82) is 0 Å². The number of hydrogen-bond acceptors (Lipinski definition) is 4. The molecule has 14 heavy (non-hydrogen) atoms. The largest absolute Gasteiger partial charge is 0.395 e. The van der Waals surface area contributed by atoms with Gasteiger partial charge in [0.2, 0.25) is 0 Å². The number of hydroxylamine groups is 2. The van der Waals surface area contributed by atoms with Crippen LogP contribution in [0.25, 0.3) is 0 Å². The highest BCUT2D eigenvalue weighted by Crippen LogP contribution is 1.80. The Morgan fingerprint density at radius 1 is 0.714 bits per heavy atom. The lowest BCUT2D eigenvalue weighted by Crippen LogP contribution is -2.25. The van der Waals surface area contributed by atoms with Crippen LogP contribution in [0.1, 0.15) is 0 Å². The van der Waals surface area contributed by atoms with Crippen LogP contribution in [0.2, 0.25) is 0 Å². The van der Waals surface area contributed by atoms with E-state index in [9.17, 15) is 0 Å². The van der Waals surface area contributed by atoms with E-state index in [1.807, 2.05) is 36.4 Å². The van der Waals surface area contributed by atoms with Crippen molar-refractivity contribution in [3.63, 3.8) is 0 Å². The van der Waals surface area contributed by atoms with Gasteiger partial charge in [0.05, 0.1) is 13.2 Å². The van der Waals surface area contributed by atoms with Gasteiger partial charge in [0.15, 0.2) is 0 Å². The summed E-state index contributed by atoms with van der Waals surface area (Å²) in [6.07, 6.45) is 0. The Morgan fingerprint density at radius 3 is 1.21 bits per heavy atom. The first-order valence-electron chi connectivity index (χ1n) is 4.46. The number of hydrogen-bond donors (Lipinski definition) is 3. The lowest BCUT2D eigenvalue weighted by molar-refractivity contribution is -0.105. The molecule has 0 heterocycles. The Balaban J connectivity index is 0.000000249. The number of aliphatic hydroxyl groups is 2. The highest BCUT2D eigenvalue weighted by molar-refractivity contribution is 4.99. The molecule has 3 N–H and O–H groups in total. The average molecular weight is 199 g/mol. The summed E-state index contributed by atoms with van der Waals surface area (Å²) in [5.41, 5.74) is 0. The quantitative estimate of drug-likeness (QED) is 0.612. The second kappa shape index (κ2) is 10.1. The molecule has 80 valence electrons. The molecule has 0 aliphatic heterocycles. The molecule has 0 atom stereocenters. The van der Waals surface area contributed by atoms with Crippen LogP contribution in [0.5, 0.6) is 0 Å². The molecule has 0 aliphatic carbocycles. The minimum absolute atomic E-state index is 0.0868. The molecule has 0 aromatic heterocycles. The van der Waals surface area contributed by atoms with Gasteiger partial charge in [0.25, 0.3) is 0 Å². The van der Waals surface area contributed by atoms with Crippen LogP contribution < -0.4 is 0 Å². The molecule has 1 rings (SSSR count). The van der Waals surface area contributed by atoms with Gasteiger partial charge >= 0.3 is 0 Å². The molecular weight excluding hydrogens is 182 g/mol. The van der Waals surface area contributed by atoms with Gasteiger partial charge < -0.3 is 15.4 Å². The molecule has 0 unspecified atom stereocenters. The van der Waals surface area contributed by atoms with Crippen LogP contribution in [-0.4, -0.2) is 46.8 Å². The molecule has 0 spiro atoms. The number of nitrogens with zero attached hydrogens (tertiary/aromatic N) is 1. The Kier molecular flexibility index (Phi) is 9.46. The molecule has 0 saturated heterocycles. The molecule has 1 aromatic carbocycles. The lowest BCUT2D eigenvalue weighted by atomic mass is 10.4. The van der Waals surface area contributed by atoms with E-state index in [2.05, 4.69) is 0 Å². The van der Waals surface area contributed by atoms with Gasteiger partial charge in [-0.2, -0.15) is 5.06 Å². The molecule has 0 fully saturated rings. The number of aliphatic hydroxyl groups excluding tert-OH is 2. The van der Waals surface area contributed by atoms with Gasteiger partial charge in [-0.05, 0) is 0 Å². The monoisotopic (exact) mass is 199 g/mol. The maximum atomic E-state index is 8.56. The molecular formula is C10H17NO3. The maximum absolute atomic E-state index is 8.56. The molecule has 0 radical (unpaired) electrons. The van der Waals surface area contributed by atoms with Crippen LogP contribution in [0.3, 0.4) is 0 Å². The van der Waals surface area contributed by atoms with Crippen molar-refractivity contribution in [3.05, 3.63) is 36.4 Å². The van der Waals surface area contributed by atoms with Crippen LogP contribution in [0.15, 0.2) is 36.4 Å². The summed E-state index contributed by atoms with van der Waals surface area (Å²) in [6, 6.07) is 12.0. The van der Waals surface area contributed by atoms with Crippen molar-refractivity contribution in [2.75, 3.05) is 26.3 Å². The van der Waals surface area contributed by atoms with Crippen molar-refractivity contribution >= 4 is 0 Å². The number of rotatable bonds is 4. The Morgan fingerprint density at radius 2 is 1.00 bits per heavy atom. The van der Waals surface area contributed by atoms with Crippen molar-refractivity contribution < 1.29 is 15.4 Å². The second-order valence-electron chi connectivity index (χ2n) is 2.56. The van der Waals surface area contributed by atoms with Crippen LogP contribution in [0, 0.1) is 0 Å². The average Bonchev–Trinajstić information content (AvgIpc) is 2.22. The molecule has 4 heteroatoms. The first-order valence-corrected chi connectivity index (χ1v) is 4.46. The van der Waals surface area contributed by atoms with Crippen molar-refractivity contribution in [1.82, 2.24) is 5.06 Å². The van der Waals surface area contributed by atoms with E-state index >= 15 is 0 Å². The summed E-state index contributed by atoms with van der Waals surface area (Å²) in [4.78, 5) is 0. The lowest BCUT2D eigenvalue weighted by Gasteiger charge is -2.09. The molecule has 0 bridgehead atoms. The molecule has 0 aliphatic rings. The van der Waals surface area contributed by atoms with Gasteiger partial charge in [0.1, 0.15) is 0 Å². The van der Waals surface area contributed by atoms with Crippen molar-refractivity contribution in [3.8, 4) is 0 Å². The minimum Gasteiger partial charge on any atom is -0.395 e. The molecule has 1 aromatic rings. The van der Waals surface area contributed by atoms with E-state index in [0.717, 1.165) is 5.06 Å². The standard InChI is InChI=1S/C6H6.C4H11NO3/c1-2-4-6-5-3-1;6-3-1-5(8)2-4-7/h1-6H;6-8H,1-4H2. The van der Waals surface area contributed by atoms with Gasteiger partial charge in [-0.1, -0.05) is 36.4 Å². The summed E-state index contributed by atoms with van der Waals surface area (Å²) < 4.78 is 0. The fourth-order valence-corrected chi connectivity index (χ4v) is 0.728. The molecule has 0 amide bonds. The SMILES string of the molecule is OCCN(O)CCO.c1ccccc1. The molecule has 4 nitrogen and oxygen atoms in total. The van der Waals surface area contributed by atoms with Gasteiger partial charge in [0, 0.05) is 13.1 Å². The fraction of sp³-hybridized carbons (Fsp3) is 0.400. The summed E-state index contributed by atoms with van der Waals surface area (Å²) >= 11 is 0. The van der Waals surface area contributed by atoms with Crippen molar-refractivity contribution in [2.24, 2.45) is 0 Å². The third-order valence-corrected chi connectivity index (χ3v) is 1.38. The predicted octanol–water partition coefficient (Wildman–Crippen LogP) is 0.349. The summed E-state index contributed by atoms with van der Waals surface area (Å²) in [5.74, 6) is 0. The second-order valence-corrected chi connectivity index (χ2v) is 2.56. The normalized spacial score (nSPS) is 9.43. The summed E-state index contributed by atoms with van der Waals surface area (Å²) in [5, 5.41) is 25.8. The highest BCUT2D eigenvalue weighted by atomic mass is 16.5. The molecule has 0 saturated carbocycles. The minimum atomic E-state index is -0.0868. The van der Waals surface area contributed by atoms with E-state index in [1.54, 1.807) is 0 Å². The third kappa shape index (κ3) is 9.15. The Labute approximate surface area is 84.0 Å². The summed E-state index contributed by atoms with van der Waals surface area (Å²) in [6.45, 7) is 0.216. The van der Waals surface area contributed by atoms with Gasteiger partial charge in [-0.15, -0.1) is 0 Å².